The van der Waals surface area contributed by atoms with Gasteiger partial charge in [-0.05, 0) is 18.2 Å². The van der Waals surface area contributed by atoms with Gasteiger partial charge < -0.3 is 4.74 Å². The largest absolute Gasteiger partial charge is 0.457 e. The Bertz CT molecular complexity index is 925. The van der Waals surface area contributed by atoms with Crippen molar-refractivity contribution in [3.8, 4) is 11.7 Å². The zero-order valence-corrected chi connectivity index (χ0v) is 13.2. The second kappa shape index (κ2) is 7.21. The van der Waals surface area contributed by atoms with Gasteiger partial charge in [-0.1, -0.05) is 5.21 Å². The predicted octanol–water partition coefficient (Wildman–Crippen LogP) is 3.73. The number of hydrogen-bond donors (Lipinski definition) is 0. The molecule has 0 atom stereocenters. The molecule has 2 heterocycles. The maximum atomic E-state index is 13.3. The van der Waals surface area contributed by atoms with Crippen molar-refractivity contribution in [3.05, 3.63) is 59.4 Å². The van der Waals surface area contributed by atoms with Crippen LogP contribution in [0.4, 0.5) is 26.3 Å². The summed E-state index contributed by atoms with van der Waals surface area (Å²) in [4.78, 5) is 6.87. The summed E-state index contributed by atoms with van der Waals surface area (Å²) in [5.74, 6) is -1.04. The van der Waals surface area contributed by atoms with Crippen LogP contribution in [0.3, 0.4) is 0 Å². The molecule has 3 aromatic rings. The molecule has 27 heavy (non-hydrogen) atoms. The van der Waals surface area contributed by atoms with Crippen LogP contribution in [0.1, 0.15) is 23.2 Å². The van der Waals surface area contributed by atoms with E-state index < -0.39 is 29.5 Å². The average molecular weight is 389 g/mol. The van der Waals surface area contributed by atoms with Crippen LogP contribution < -0.4 is 4.74 Å². The van der Waals surface area contributed by atoms with E-state index in [1.807, 2.05) is 0 Å². The molecule has 3 rings (SSSR count). The first-order valence-corrected chi connectivity index (χ1v) is 7.25. The highest BCUT2D eigenvalue weighted by Crippen LogP contribution is 2.28. The third-order valence-electron chi connectivity index (χ3n) is 3.32. The minimum atomic E-state index is -4.56. The summed E-state index contributed by atoms with van der Waals surface area (Å²) in [7, 11) is 0. The Labute approximate surface area is 147 Å². The SMILES string of the molecule is Fc1ccc(-n2cc(COc3ncc(C(F)(F)F)cn3)nn2)cc1C(F)F. The number of alkyl halides is 5. The molecule has 0 aliphatic carbocycles. The van der Waals surface area contributed by atoms with Gasteiger partial charge in [0.2, 0.25) is 0 Å². The van der Waals surface area contributed by atoms with Crippen LogP contribution in [0.15, 0.2) is 36.8 Å². The second-order valence-corrected chi connectivity index (χ2v) is 5.20. The maximum absolute atomic E-state index is 13.3. The van der Waals surface area contributed by atoms with Gasteiger partial charge in [0.15, 0.2) is 0 Å². The number of ether oxygens (including phenoxy) is 1. The van der Waals surface area contributed by atoms with E-state index in [4.69, 9.17) is 4.74 Å². The van der Waals surface area contributed by atoms with E-state index in [0.717, 1.165) is 16.8 Å². The highest BCUT2D eigenvalue weighted by atomic mass is 19.4. The summed E-state index contributed by atoms with van der Waals surface area (Å²) in [5.41, 5.74) is -1.43. The van der Waals surface area contributed by atoms with Gasteiger partial charge in [0.05, 0.1) is 23.0 Å². The lowest BCUT2D eigenvalue weighted by Gasteiger charge is -2.06. The van der Waals surface area contributed by atoms with E-state index in [0.29, 0.717) is 12.4 Å². The Morgan fingerprint density at radius 2 is 1.81 bits per heavy atom. The Hall–Kier alpha value is -3.18. The van der Waals surface area contributed by atoms with Crippen LogP contribution in [0, 0.1) is 5.82 Å². The van der Waals surface area contributed by atoms with Gasteiger partial charge in [0.25, 0.3) is 6.43 Å². The smallest absolute Gasteiger partial charge is 0.419 e. The quantitative estimate of drug-likeness (QED) is 0.622. The van der Waals surface area contributed by atoms with Crippen molar-refractivity contribution in [2.75, 3.05) is 0 Å². The molecule has 0 aliphatic heterocycles. The molecule has 2 aromatic heterocycles. The highest BCUT2D eigenvalue weighted by molar-refractivity contribution is 5.36. The van der Waals surface area contributed by atoms with Crippen molar-refractivity contribution in [3.63, 3.8) is 0 Å². The van der Waals surface area contributed by atoms with Gasteiger partial charge in [-0.2, -0.15) is 13.2 Å². The van der Waals surface area contributed by atoms with Gasteiger partial charge in [-0.25, -0.2) is 27.8 Å². The minimum Gasteiger partial charge on any atom is -0.457 e. The van der Waals surface area contributed by atoms with E-state index in [9.17, 15) is 26.3 Å². The van der Waals surface area contributed by atoms with E-state index in [-0.39, 0.29) is 24.0 Å². The van der Waals surface area contributed by atoms with E-state index >= 15 is 0 Å². The van der Waals surface area contributed by atoms with Crippen molar-refractivity contribution in [1.82, 2.24) is 25.0 Å². The summed E-state index contributed by atoms with van der Waals surface area (Å²) in [6.07, 6.45) is -5.08. The zero-order chi connectivity index (χ0) is 19.6. The third-order valence-corrected chi connectivity index (χ3v) is 3.32. The Kier molecular flexibility index (Phi) is 4.97. The van der Waals surface area contributed by atoms with Gasteiger partial charge in [0.1, 0.15) is 18.1 Å². The monoisotopic (exact) mass is 389 g/mol. The molecule has 0 radical (unpaired) electrons. The zero-order valence-electron chi connectivity index (χ0n) is 13.2. The first-order valence-electron chi connectivity index (χ1n) is 7.25. The molecule has 0 spiro atoms. The molecule has 12 heteroatoms. The van der Waals surface area contributed by atoms with Gasteiger partial charge in [-0.15, -0.1) is 5.10 Å². The van der Waals surface area contributed by atoms with Crippen LogP contribution in [0.2, 0.25) is 0 Å². The maximum Gasteiger partial charge on any atom is 0.419 e. The van der Waals surface area contributed by atoms with Crippen molar-refractivity contribution < 1.29 is 31.1 Å². The number of benzene rings is 1. The van der Waals surface area contributed by atoms with Gasteiger partial charge in [0, 0.05) is 12.4 Å². The molecule has 142 valence electrons. The van der Waals surface area contributed by atoms with Crippen molar-refractivity contribution in [2.24, 2.45) is 0 Å². The molecule has 0 bridgehead atoms. The summed E-state index contributed by atoms with van der Waals surface area (Å²) >= 11 is 0. The topological polar surface area (TPSA) is 65.7 Å². The molecule has 6 nitrogen and oxygen atoms in total. The van der Waals surface area contributed by atoms with Crippen LogP contribution >= 0.6 is 0 Å². The summed E-state index contributed by atoms with van der Waals surface area (Å²) in [6, 6.07) is 2.74. The number of halogens is 6. The van der Waals surface area contributed by atoms with Gasteiger partial charge >= 0.3 is 12.2 Å². The lowest BCUT2D eigenvalue weighted by molar-refractivity contribution is -0.138. The standard InChI is InChI=1S/C15H9F6N5O/c16-12-2-1-10(3-11(12)13(17)18)26-6-9(24-25-26)7-27-14-22-4-8(5-23-14)15(19,20)21/h1-6,13H,7H2. The van der Waals surface area contributed by atoms with E-state index in [2.05, 4.69) is 20.3 Å². The Morgan fingerprint density at radius 1 is 1.11 bits per heavy atom. The molecule has 0 saturated carbocycles. The molecule has 0 aliphatic rings. The highest BCUT2D eigenvalue weighted by Gasteiger charge is 2.31. The predicted molar refractivity (Wildman–Crippen MR) is 77.6 cm³/mol. The molecule has 0 amide bonds. The van der Waals surface area contributed by atoms with Crippen molar-refractivity contribution in [2.45, 2.75) is 19.2 Å². The normalized spacial score (nSPS) is 11.8. The lowest BCUT2D eigenvalue weighted by Crippen LogP contribution is -2.07. The third kappa shape index (κ3) is 4.33. The number of hydrogen-bond acceptors (Lipinski definition) is 5. The van der Waals surface area contributed by atoms with Crippen molar-refractivity contribution in [1.29, 1.82) is 0 Å². The van der Waals surface area contributed by atoms with Crippen LogP contribution in [-0.2, 0) is 12.8 Å². The molecular weight excluding hydrogens is 380 g/mol. The summed E-state index contributed by atoms with van der Waals surface area (Å²) in [5, 5.41) is 7.44. The minimum absolute atomic E-state index is 0.149. The summed E-state index contributed by atoms with van der Waals surface area (Å²) < 4.78 is 82.3. The van der Waals surface area contributed by atoms with Crippen LogP contribution in [-0.4, -0.2) is 25.0 Å². The fourth-order valence-electron chi connectivity index (χ4n) is 2.01. The molecule has 0 fully saturated rings. The number of aromatic nitrogens is 5. The number of rotatable bonds is 5. The summed E-state index contributed by atoms with van der Waals surface area (Å²) in [6.45, 7) is -0.228. The van der Waals surface area contributed by atoms with Crippen molar-refractivity contribution >= 4 is 0 Å². The Morgan fingerprint density at radius 3 is 2.44 bits per heavy atom. The van der Waals surface area contributed by atoms with E-state index in [1.165, 1.54) is 12.3 Å². The average Bonchev–Trinajstić information content (AvgIpc) is 3.09. The van der Waals surface area contributed by atoms with E-state index in [1.54, 1.807) is 0 Å². The second-order valence-electron chi connectivity index (χ2n) is 5.20. The van der Waals surface area contributed by atoms with Crippen LogP contribution in [0.25, 0.3) is 5.69 Å². The lowest BCUT2D eigenvalue weighted by atomic mass is 10.2. The Balaban J connectivity index is 1.69. The molecule has 0 unspecified atom stereocenters. The van der Waals surface area contributed by atoms with Gasteiger partial charge in [-0.3, -0.25) is 0 Å². The molecular formula is C15H9F6N5O. The fraction of sp³-hybridized carbons (Fsp3) is 0.200. The first-order chi connectivity index (χ1) is 12.7. The number of nitrogens with zero attached hydrogens (tertiary/aromatic N) is 5. The fourth-order valence-corrected chi connectivity index (χ4v) is 2.01. The molecule has 1 aromatic carbocycles. The molecule has 0 saturated heterocycles. The van der Waals surface area contributed by atoms with Crippen LogP contribution in [0.5, 0.6) is 6.01 Å². The molecule has 0 N–H and O–H groups in total. The first kappa shape index (κ1) is 18.6.